The highest BCUT2D eigenvalue weighted by atomic mass is 19.1. The molecular weight excluding hydrogens is 257 g/mol. The van der Waals surface area contributed by atoms with E-state index in [-0.39, 0.29) is 17.6 Å². The lowest BCUT2D eigenvalue weighted by Crippen LogP contribution is -2.22. The van der Waals surface area contributed by atoms with Gasteiger partial charge in [-0.3, -0.25) is 0 Å². The van der Waals surface area contributed by atoms with E-state index in [4.69, 9.17) is 9.15 Å². The first kappa shape index (κ1) is 14.6. The van der Waals surface area contributed by atoms with Crippen molar-refractivity contribution in [3.05, 3.63) is 52.7 Å². The van der Waals surface area contributed by atoms with Crippen molar-refractivity contribution < 1.29 is 13.5 Å². The number of rotatable bonds is 5. The van der Waals surface area contributed by atoms with Crippen LogP contribution in [0.4, 0.5) is 4.39 Å². The predicted molar refractivity (Wildman–Crippen MR) is 76.7 cm³/mol. The molecule has 1 unspecified atom stereocenters. The van der Waals surface area contributed by atoms with Crippen LogP contribution >= 0.6 is 0 Å². The first-order valence-corrected chi connectivity index (χ1v) is 6.70. The van der Waals surface area contributed by atoms with Gasteiger partial charge in [-0.15, -0.1) is 0 Å². The second-order valence-corrected chi connectivity index (χ2v) is 4.75. The summed E-state index contributed by atoms with van der Waals surface area (Å²) in [4.78, 5) is 0. The van der Waals surface area contributed by atoms with Gasteiger partial charge in [-0.1, -0.05) is 13.0 Å². The maximum absolute atomic E-state index is 13.9. The molecule has 1 aromatic carbocycles. The molecule has 2 rings (SSSR count). The second-order valence-electron chi connectivity index (χ2n) is 4.75. The van der Waals surface area contributed by atoms with Crippen molar-refractivity contribution in [2.24, 2.45) is 0 Å². The van der Waals surface area contributed by atoms with Crippen molar-refractivity contribution in [3.8, 4) is 5.75 Å². The standard InChI is InChI=1S/C16H20FNO2/c1-5-18-16(13-8-10(2)20-11(13)3)12-6-7-15(19-4)14(17)9-12/h6-9,16,18H,5H2,1-4H3. The molecule has 4 heteroatoms. The van der Waals surface area contributed by atoms with Crippen molar-refractivity contribution >= 4 is 0 Å². The number of hydrogen-bond acceptors (Lipinski definition) is 3. The van der Waals surface area contributed by atoms with Crippen molar-refractivity contribution in [1.82, 2.24) is 5.32 Å². The van der Waals surface area contributed by atoms with Crippen LogP contribution in [0.3, 0.4) is 0 Å². The first-order chi connectivity index (χ1) is 9.56. The number of ether oxygens (including phenoxy) is 1. The fourth-order valence-electron chi connectivity index (χ4n) is 2.41. The van der Waals surface area contributed by atoms with Gasteiger partial charge in [0.1, 0.15) is 11.5 Å². The minimum Gasteiger partial charge on any atom is -0.494 e. The van der Waals surface area contributed by atoms with Gasteiger partial charge in [0.2, 0.25) is 0 Å². The number of halogens is 1. The van der Waals surface area contributed by atoms with Crippen LogP contribution in [0.1, 0.15) is 35.6 Å². The Kier molecular flexibility index (Phi) is 4.45. The van der Waals surface area contributed by atoms with E-state index in [1.807, 2.05) is 32.9 Å². The molecule has 2 aromatic rings. The Morgan fingerprint density at radius 1 is 1.30 bits per heavy atom. The summed E-state index contributed by atoms with van der Waals surface area (Å²) in [7, 11) is 1.46. The Hall–Kier alpha value is -1.81. The molecule has 20 heavy (non-hydrogen) atoms. The lowest BCUT2D eigenvalue weighted by atomic mass is 9.98. The summed E-state index contributed by atoms with van der Waals surface area (Å²) >= 11 is 0. The molecule has 0 amide bonds. The van der Waals surface area contributed by atoms with Gasteiger partial charge in [0.25, 0.3) is 0 Å². The summed E-state index contributed by atoms with van der Waals surface area (Å²) in [5.41, 5.74) is 1.89. The maximum Gasteiger partial charge on any atom is 0.165 e. The molecule has 3 nitrogen and oxygen atoms in total. The number of furan rings is 1. The molecular formula is C16H20FNO2. The fraction of sp³-hybridized carbons (Fsp3) is 0.375. The monoisotopic (exact) mass is 277 g/mol. The summed E-state index contributed by atoms with van der Waals surface area (Å²) < 4.78 is 24.4. The average molecular weight is 277 g/mol. The Bertz CT molecular complexity index is 592. The fourth-order valence-corrected chi connectivity index (χ4v) is 2.41. The van der Waals surface area contributed by atoms with Crippen LogP contribution in [0.15, 0.2) is 28.7 Å². The van der Waals surface area contributed by atoms with E-state index in [9.17, 15) is 4.39 Å². The van der Waals surface area contributed by atoms with Crippen molar-refractivity contribution in [1.29, 1.82) is 0 Å². The van der Waals surface area contributed by atoms with Crippen molar-refractivity contribution in [3.63, 3.8) is 0 Å². The molecule has 1 heterocycles. The van der Waals surface area contributed by atoms with Crippen LogP contribution in [-0.2, 0) is 0 Å². The van der Waals surface area contributed by atoms with E-state index in [1.165, 1.54) is 13.2 Å². The third-order valence-electron chi connectivity index (χ3n) is 3.31. The number of nitrogens with one attached hydrogen (secondary N) is 1. The van der Waals surface area contributed by atoms with Gasteiger partial charge in [-0.2, -0.15) is 0 Å². The normalized spacial score (nSPS) is 12.4. The highest BCUT2D eigenvalue weighted by Crippen LogP contribution is 2.29. The molecule has 0 radical (unpaired) electrons. The summed E-state index contributed by atoms with van der Waals surface area (Å²) in [6.45, 7) is 6.64. The molecule has 1 atom stereocenters. The number of hydrogen-bond donors (Lipinski definition) is 1. The quantitative estimate of drug-likeness (QED) is 0.904. The lowest BCUT2D eigenvalue weighted by molar-refractivity contribution is 0.385. The Morgan fingerprint density at radius 2 is 2.05 bits per heavy atom. The molecule has 0 saturated heterocycles. The third kappa shape index (κ3) is 2.85. The van der Waals surface area contributed by atoms with Crippen molar-refractivity contribution in [2.75, 3.05) is 13.7 Å². The Balaban J connectivity index is 2.43. The van der Waals surface area contributed by atoms with E-state index in [2.05, 4.69) is 5.32 Å². The van der Waals surface area contributed by atoms with Crippen LogP contribution in [0.25, 0.3) is 0 Å². The van der Waals surface area contributed by atoms with Gasteiger partial charge in [0.05, 0.1) is 13.2 Å². The molecule has 1 aromatic heterocycles. The minimum atomic E-state index is -0.356. The zero-order valence-electron chi connectivity index (χ0n) is 12.3. The molecule has 1 N–H and O–H groups in total. The summed E-state index contributed by atoms with van der Waals surface area (Å²) in [6.07, 6.45) is 0. The van der Waals surface area contributed by atoms with E-state index in [0.717, 1.165) is 29.2 Å². The van der Waals surface area contributed by atoms with Crippen LogP contribution in [0.2, 0.25) is 0 Å². The molecule has 0 aliphatic heterocycles. The van der Waals surface area contributed by atoms with Gasteiger partial charge in [0, 0.05) is 5.56 Å². The lowest BCUT2D eigenvalue weighted by Gasteiger charge is -2.18. The Labute approximate surface area is 118 Å². The maximum atomic E-state index is 13.9. The van der Waals surface area contributed by atoms with Crippen LogP contribution in [0, 0.1) is 19.7 Å². The predicted octanol–water partition coefficient (Wildman–Crippen LogP) is 3.74. The van der Waals surface area contributed by atoms with Gasteiger partial charge < -0.3 is 14.5 Å². The first-order valence-electron chi connectivity index (χ1n) is 6.70. The second kappa shape index (κ2) is 6.09. The smallest absolute Gasteiger partial charge is 0.165 e. The molecule has 0 aliphatic rings. The number of methoxy groups -OCH3 is 1. The molecule has 0 fully saturated rings. The number of benzene rings is 1. The largest absolute Gasteiger partial charge is 0.494 e. The van der Waals surface area contributed by atoms with Crippen LogP contribution < -0.4 is 10.1 Å². The summed E-state index contributed by atoms with van der Waals surface area (Å²) in [5, 5.41) is 3.37. The van der Waals surface area contributed by atoms with E-state index in [0.29, 0.717) is 0 Å². The van der Waals surface area contributed by atoms with Gasteiger partial charge >= 0.3 is 0 Å². The highest BCUT2D eigenvalue weighted by molar-refractivity contribution is 5.38. The minimum absolute atomic E-state index is 0.0853. The number of aryl methyl sites for hydroxylation is 2. The van der Waals surface area contributed by atoms with Crippen molar-refractivity contribution in [2.45, 2.75) is 26.8 Å². The van der Waals surface area contributed by atoms with E-state index < -0.39 is 0 Å². The van der Waals surface area contributed by atoms with Crippen LogP contribution in [0.5, 0.6) is 5.75 Å². The average Bonchev–Trinajstić information content (AvgIpc) is 2.74. The molecule has 0 saturated carbocycles. The van der Waals surface area contributed by atoms with Crippen LogP contribution in [-0.4, -0.2) is 13.7 Å². The van der Waals surface area contributed by atoms with E-state index >= 15 is 0 Å². The summed E-state index contributed by atoms with van der Waals surface area (Å²) in [6, 6.07) is 6.94. The molecule has 0 aliphatic carbocycles. The SMILES string of the molecule is CCNC(c1ccc(OC)c(F)c1)c1cc(C)oc1C. The van der Waals surface area contributed by atoms with E-state index in [1.54, 1.807) is 6.07 Å². The third-order valence-corrected chi connectivity index (χ3v) is 3.31. The Morgan fingerprint density at radius 3 is 2.55 bits per heavy atom. The zero-order chi connectivity index (χ0) is 14.7. The molecule has 108 valence electrons. The molecule has 0 spiro atoms. The topological polar surface area (TPSA) is 34.4 Å². The zero-order valence-corrected chi connectivity index (χ0v) is 12.3. The van der Waals surface area contributed by atoms with Gasteiger partial charge in [0.15, 0.2) is 11.6 Å². The van der Waals surface area contributed by atoms with Gasteiger partial charge in [-0.05, 0) is 44.2 Å². The highest BCUT2D eigenvalue weighted by Gasteiger charge is 2.19. The summed E-state index contributed by atoms with van der Waals surface area (Å²) in [5.74, 6) is 1.61. The van der Waals surface area contributed by atoms with Gasteiger partial charge in [-0.25, -0.2) is 4.39 Å². The molecule has 0 bridgehead atoms.